The molecule has 3 aliphatic rings. The van der Waals surface area contributed by atoms with Crippen LogP contribution in [0.2, 0.25) is 0 Å². The minimum Gasteiger partial charge on any atom is -0.465 e. The molecule has 172 valence electrons. The molecular weight excluding hydrogens is 372 g/mol. The Morgan fingerprint density at radius 2 is 1.43 bits per heavy atom. The first-order valence-electron chi connectivity index (χ1n) is 13.2. The summed E-state index contributed by atoms with van der Waals surface area (Å²) in [5.41, 5.74) is -0.890. The summed E-state index contributed by atoms with van der Waals surface area (Å²) >= 11 is 0. The molecule has 2 atom stereocenters. The van der Waals surface area contributed by atoms with Gasteiger partial charge in [-0.05, 0) is 94.3 Å². The van der Waals surface area contributed by atoms with Gasteiger partial charge in [-0.25, -0.2) is 0 Å². The van der Waals surface area contributed by atoms with Crippen LogP contribution in [0.15, 0.2) is 0 Å². The van der Waals surface area contributed by atoms with Crippen LogP contribution in [-0.4, -0.2) is 18.4 Å². The highest BCUT2D eigenvalue weighted by Crippen LogP contribution is 2.47. The van der Waals surface area contributed by atoms with Crippen LogP contribution in [0.5, 0.6) is 0 Å². The van der Waals surface area contributed by atoms with Gasteiger partial charge in [0.05, 0.1) is 6.61 Å². The van der Waals surface area contributed by atoms with Gasteiger partial charge in [0.25, 0.3) is 0 Å². The number of carbonyl (C=O) groups is 2. The zero-order valence-corrected chi connectivity index (χ0v) is 19.9. The number of Topliss-reactive ketones (excluding diaryl/α,β-unsaturated/α-hetero) is 1. The van der Waals surface area contributed by atoms with E-state index in [1.165, 1.54) is 70.6 Å². The molecule has 0 spiro atoms. The van der Waals surface area contributed by atoms with Crippen molar-refractivity contribution in [2.75, 3.05) is 6.61 Å². The fourth-order valence-corrected chi connectivity index (χ4v) is 6.68. The lowest BCUT2D eigenvalue weighted by Gasteiger charge is -2.42. The molecular formula is C27H46O3. The van der Waals surface area contributed by atoms with Gasteiger partial charge >= 0.3 is 5.97 Å². The molecule has 0 bridgehead atoms. The number of rotatable bonds is 8. The van der Waals surface area contributed by atoms with E-state index >= 15 is 0 Å². The van der Waals surface area contributed by atoms with Crippen molar-refractivity contribution in [3.05, 3.63) is 0 Å². The van der Waals surface area contributed by atoms with Gasteiger partial charge in [0, 0.05) is 6.42 Å². The Morgan fingerprint density at radius 3 is 1.97 bits per heavy atom. The first-order chi connectivity index (χ1) is 14.5. The SMILES string of the molecule is CCCC[C@H]1CC[C@H](C2CCC(C3CC[C@](C)(C(=O)OCCC)C(=O)C3)CC2)CC1. The van der Waals surface area contributed by atoms with E-state index in [9.17, 15) is 9.59 Å². The Morgan fingerprint density at radius 1 is 0.867 bits per heavy atom. The number of ether oxygens (including phenoxy) is 1. The second kappa shape index (κ2) is 11.1. The van der Waals surface area contributed by atoms with E-state index < -0.39 is 5.41 Å². The predicted octanol–water partition coefficient (Wildman–Crippen LogP) is 7.12. The van der Waals surface area contributed by atoms with Crippen molar-refractivity contribution in [1.82, 2.24) is 0 Å². The van der Waals surface area contributed by atoms with Gasteiger partial charge in [-0.3, -0.25) is 9.59 Å². The Balaban J connectivity index is 1.42. The molecule has 0 aromatic heterocycles. The number of hydrogen-bond acceptors (Lipinski definition) is 3. The zero-order valence-electron chi connectivity index (χ0n) is 19.9. The van der Waals surface area contributed by atoms with Crippen LogP contribution in [0.25, 0.3) is 0 Å². The first-order valence-corrected chi connectivity index (χ1v) is 13.2. The van der Waals surface area contributed by atoms with Gasteiger partial charge in [0.15, 0.2) is 0 Å². The van der Waals surface area contributed by atoms with Crippen molar-refractivity contribution in [2.45, 2.75) is 117 Å². The van der Waals surface area contributed by atoms with Crippen molar-refractivity contribution in [3.63, 3.8) is 0 Å². The summed E-state index contributed by atoms with van der Waals surface area (Å²) < 4.78 is 5.34. The highest BCUT2D eigenvalue weighted by Gasteiger charge is 2.47. The summed E-state index contributed by atoms with van der Waals surface area (Å²) in [7, 11) is 0. The molecule has 3 rings (SSSR count). The molecule has 0 N–H and O–H groups in total. The molecule has 0 aromatic carbocycles. The van der Waals surface area contributed by atoms with E-state index in [4.69, 9.17) is 4.74 Å². The van der Waals surface area contributed by atoms with E-state index in [1.54, 1.807) is 0 Å². The van der Waals surface area contributed by atoms with Crippen LogP contribution in [0.1, 0.15) is 117 Å². The van der Waals surface area contributed by atoms with E-state index in [0.29, 0.717) is 31.3 Å². The average molecular weight is 419 g/mol. The quantitative estimate of drug-likeness (QED) is 0.311. The van der Waals surface area contributed by atoms with E-state index in [0.717, 1.165) is 30.6 Å². The molecule has 0 aromatic rings. The third-order valence-electron chi connectivity index (χ3n) is 8.97. The fraction of sp³-hybridized carbons (Fsp3) is 0.926. The highest BCUT2D eigenvalue weighted by molar-refractivity contribution is 6.04. The van der Waals surface area contributed by atoms with Crippen LogP contribution >= 0.6 is 0 Å². The summed E-state index contributed by atoms with van der Waals surface area (Å²) in [6, 6.07) is 0. The number of unbranched alkanes of at least 4 members (excludes halogenated alkanes) is 1. The molecule has 3 nitrogen and oxygen atoms in total. The van der Waals surface area contributed by atoms with Gasteiger partial charge in [-0.1, -0.05) is 46.0 Å². The summed E-state index contributed by atoms with van der Waals surface area (Å²) in [4.78, 5) is 25.3. The maximum Gasteiger partial charge on any atom is 0.319 e. The van der Waals surface area contributed by atoms with Crippen LogP contribution in [-0.2, 0) is 14.3 Å². The molecule has 0 heterocycles. The number of carbonyl (C=O) groups excluding carboxylic acids is 2. The normalized spacial score (nSPS) is 37.7. The summed E-state index contributed by atoms with van der Waals surface area (Å²) in [6.45, 7) is 6.54. The molecule has 3 aliphatic carbocycles. The maximum absolute atomic E-state index is 12.9. The second-order valence-electron chi connectivity index (χ2n) is 11.0. The predicted molar refractivity (Wildman–Crippen MR) is 122 cm³/mol. The Kier molecular flexibility index (Phi) is 8.83. The second-order valence-corrected chi connectivity index (χ2v) is 11.0. The van der Waals surface area contributed by atoms with E-state index in [-0.39, 0.29) is 11.8 Å². The van der Waals surface area contributed by atoms with Crippen molar-refractivity contribution in [2.24, 2.45) is 35.0 Å². The minimum atomic E-state index is -0.890. The number of ketones is 1. The maximum atomic E-state index is 12.9. The van der Waals surface area contributed by atoms with E-state index in [2.05, 4.69) is 6.92 Å². The molecule has 0 amide bonds. The Bertz CT molecular complexity index is 554. The molecule has 30 heavy (non-hydrogen) atoms. The van der Waals surface area contributed by atoms with Crippen LogP contribution in [0, 0.1) is 35.0 Å². The first kappa shape index (κ1) is 23.8. The molecule has 0 aliphatic heterocycles. The standard InChI is InChI=1S/C27H46O3/c1-4-6-7-20-8-10-21(11-9-20)22-12-14-23(15-13-22)24-16-17-27(3,25(28)19-24)26(29)30-18-5-2/h20-24H,4-19H2,1-3H3/t20-,21-,22?,23?,24?,27-/m0/s1. The van der Waals surface area contributed by atoms with Gasteiger partial charge in [-0.15, -0.1) is 0 Å². The summed E-state index contributed by atoms with van der Waals surface area (Å²) in [5.74, 6) is 3.94. The molecule has 3 saturated carbocycles. The molecule has 3 fully saturated rings. The number of hydrogen-bond donors (Lipinski definition) is 0. The smallest absolute Gasteiger partial charge is 0.319 e. The van der Waals surface area contributed by atoms with Crippen molar-refractivity contribution >= 4 is 11.8 Å². The average Bonchev–Trinajstić information content (AvgIpc) is 2.78. The lowest BCUT2D eigenvalue weighted by Crippen LogP contribution is -2.44. The Hall–Kier alpha value is -0.860. The van der Waals surface area contributed by atoms with Gasteiger partial charge in [0.2, 0.25) is 0 Å². The van der Waals surface area contributed by atoms with Gasteiger partial charge in [0.1, 0.15) is 11.2 Å². The third-order valence-corrected chi connectivity index (χ3v) is 8.97. The lowest BCUT2D eigenvalue weighted by molar-refractivity contribution is -0.162. The van der Waals surface area contributed by atoms with Crippen LogP contribution in [0.4, 0.5) is 0 Å². The van der Waals surface area contributed by atoms with Crippen LogP contribution in [0.3, 0.4) is 0 Å². The molecule has 1 unspecified atom stereocenters. The van der Waals surface area contributed by atoms with Crippen molar-refractivity contribution < 1.29 is 14.3 Å². The summed E-state index contributed by atoms with van der Waals surface area (Å²) in [6.07, 6.45) is 18.5. The largest absolute Gasteiger partial charge is 0.465 e. The lowest BCUT2D eigenvalue weighted by atomic mass is 9.62. The highest BCUT2D eigenvalue weighted by atomic mass is 16.5. The zero-order chi connectivity index (χ0) is 21.6. The Labute approximate surface area is 185 Å². The van der Waals surface area contributed by atoms with Gasteiger partial charge in [-0.2, -0.15) is 0 Å². The minimum absolute atomic E-state index is 0.132. The van der Waals surface area contributed by atoms with Crippen molar-refractivity contribution in [1.29, 1.82) is 0 Å². The monoisotopic (exact) mass is 418 g/mol. The summed E-state index contributed by atoms with van der Waals surface area (Å²) in [5, 5.41) is 0. The molecule has 0 radical (unpaired) electrons. The van der Waals surface area contributed by atoms with E-state index in [1.807, 2.05) is 13.8 Å². The van der Waals surface area contributed by atoms with Crippen molar-refractivity contribution in [3.8, 4) is 0 Å². The van der Waals surface area contributed by atoms with Gasteiger partial charge < -0.3 is 4.74 Å². The number of esters is 1. The fourth-order valence-electron chi connectivity index (χ4n) is 6.68. The third kappa shape index (κ3) is 5.68. The topological polar surface area (TPSA) is 43.4 Å². The molecule has 3 heteroatoms. The van der Waals surface area contributed by atoms with Crippen LogP contribution < -0.4 is 0 Å². The molecule has 0 saturated heterocycles.